The van der Waals surface area contributed by atoms with Gasteiger partial charge in [-0.1, -0.05) is 25.5 Å². The van der Waals surface area contributed by atoms with Crippen molar-refractivity contribution >= 4 is 11.9 Å². The van der Waals surface area contributed by atoms with Crippen molar-refractivity contribution in [2.45, 2.75) is 31.5 Å². The molecule has 0 aromatic heterocycles. The smallest absolute Gasteiger partial charge is 0.310 e. The van der Waals surface area contributed by atoms with Gasteiger partial charge < -0.3 is 14.7 Å². The molecule has 98 valence electrons. The number of fused-ring (bicyclic) bond motifs is 1. The fourth-order valence-electron chi connectivity index (χ4n) is 3.40. The van der Waals surface area contributed by atoms with Crippen molar-refractivity contribution in [2.75, 3.05) is 13.1 Å². The van der Waals surface area contributed by atoms with E-state index < -0.39 is 29.5 Å². The van der Waals surface area contributed by atoms with Crippen LogP contribution in [0.4, 0.5) is 0 Å². The SMILES string of the molecule is CCCCN1C[C@]23C=C[C@H](O2)[C@H](C(=O)O)C3C1=O. The molecule has 3 heterocycles. The number of carbonyl (C=O) groups excluding carboxylic acids is 1. The van der Waals surface area contributed by atoms with Crippen LogP contribution in [0.1, 0.15) is 19.8 Å². The van der Waals surface area contributed by atoms with E-state index in [9.17, 15) is 14.7 Å². The van der Waals surface area contributed by atoms with E-state index in [1.807, 2.05) is 6.08 Å². The van der Waals surface area contributed by atoms with Crippen molar-refractivity contribution in [1.82, 2.24) is 4.90 Å². The van der Waals surface area contributed by atoms with Gasteiger partial charge in [0.2, 0.25) is 5.91 Å². The number of unbranched alkanes of at least 4 members (excludes halogenated alkanes) is 1. The predicted octanol–water partition coefficient (Wildman–Crippen LogP) is 0.653. The van der Waals surface area contributed by atoms with Crippen LogP contribution in [0.5, 0.6) is 0 Å². The summed E-state index contributed by atoms with van der Waals surface area (Å²) in [5, 5.41) is 9.27. The molecular weight excluding hydrogens is 234 g/mol. The van der Waals surface area contributed by atoms with Crippen LogP contribution < -0.4 is 0 Å². The Morgan fingerprint density at radius 1 is 1.67 bits per heavy atom. The lowest BCUT2D eigenvalue weighted by Crippen LogP contribution is -2.39. The third kappa shape index (κ3) is 1.37. The molecule has 0 aliphatic carbocycles. The van der Waals surface area contributed by atoms with Crippen LogP contribution in [-0.4, -0.2) is 46.7 Å². The monoisotopic (exact) mass is 251 g/mol. The van der Waals surface area contributed by atoms with Crippen LogP contribution in [0, 0.1) is 11.8 Å². The second kappa shape index (κ2) is 3.82. The summed E-state index contributed by atoms with van der Waals surface area (Å²) < 4.78 is 5.78. The van der Waals surface area contributed by atoms with E-state index in [0.29, 0.717) is 13.1 Å². The third-order valence-corrected chi connectivity index (χ3v) is 4.25. The second-order valence-electron chi connectivity index (χ2n) is 5.35. The highest BCUT2D eigenvalue weighted by Gasteiger charge is 2.66. The molecule has 2 saturated heterocycles. The lowest BCUT2D eigenvalue weighted by Gasteiger charge is -2.21. The van der Waals surface area contributed by atoms with Crippen molar-refractivity contribution in [3.63, 3.8) is 0 Å². The summed E-state index contributed by atoms with van der Waals surface area (Å²) in [5.74, 6) is -2.22. The molecule has 1 unspecified atom stereocenters. The first-order valence-corrected chi connectivity index (χ1v) is 6.48. The molecule has 3 aliphatic heterocycles. The number of nitrogens with zero attached hydrogens (tertiary/aromatic N) is 1. The Labute approximate surface area is 105 Å². The maximum absolute atomic E-state index is 12.3. The molecule has 1 spiro atoms. The lowest BCUT2D eigenvalue weighted by atomic mass is 9.77. The second-order valence-corrected chi connectivity index (χ2v) is 5.35. The summed E-state index contributed by atoms with van der Waals surface area (Å²) in [7, 11) is 0. The molecule has 1 N–H and O–H groups in total. The number of likely N-dealkylation sites (tertiary alicyclic amines) is 1. The molecule has 0 radical (unpaired) electrons. The van der Waals surface area contributed by atoms with Crippen LogP contribution in [0.15, 0.2) is 12.2 Å². The van der Waals surface area contributed by atoms with Gasteiger partial charge in [0.05, 0.1) is 18.6 Å². The number of aliphatic carboxylic acids is 1. The molecule has 4 atom stereocenters. The Morgan fingerprint density at radius 3 is 3.11 bits per heavy atom. The fourth-order valence-corrected chi connectivity index (χ4v) is 3.40. The molecule has 3 rings (SSSR count). The maximum Gasteiger partial charge on any atom is 0.310 e. The van der Waals surface area contributed by atoms with Crippen LogP contribution in [0.3, 0.4) is 0 Å². The van der Waals surface area contributed by atoms with E-state index in [1.54, 1.807) is 11.0 Å². The van der Waals surface area contributed by atoms with E-state index in [2.05, 4.69) is 6.92 Å². The highest BCUT2D eigenvalue weighted by molar-refractivity contribution is 5.90. The summed E-state index contributed by atoms with van der Waals surface area (Å²) in [4.78, 5) is 25.4. The Kier molecular flexibility index (Phi) is 2.48. The van der Waals surface area contributed by atoms with E-state index in [4.69, 9.17) is 4.74 Å². The van der Waals surface area contributed by atoms with Crippen LogP contribution in [-0.2, 0) is 14.3 Å². The standard InChI is InChI=1S/C13H17NO4/c1-2-3-6-14-7-13-5-4-8(18-13)9(12(16)17)10(13)11(14)15/h4-5,8-10H,2-3,6-7H2,1H3,(H,16,17)/t8-,9-,10?,13-/m0/s1. The fraction of sp³-hybridized carbons (Fsp3) is 0.692. The number of carbonyl (C=O) groups is 2. The van der Waals surface area contributed by atoms with Gasteiger partial charge in [0.1, 0.15) is 11.5 Å². The summed E-state index contributed by atoms with van der Waals surface area (Å²) in [6.45, 7) is 3.27. The molecule has 2 fully saturated rings. The third-order valence-electron chi connectivity index (χ3n) is 4.25. The minimum absolute atomic E-state index is 0.0531. The average molecular weight is 251 g/mol. The van der Waals surface area contributed by atoms with E-state index in [1.165, 1.54) is 0 Å². The molecule has 5 nitrogen and oxygen atoms in total. The Balaban J connectivity index is 1.87. The molecule has 0 aromatic rings. The number of amides is 1. The van der Waals surface area contributed by atoms with Gasteiger partial charge in [0.25, 0.3) is 0 Å². The average Bonchev–Trinajstić information content (AvgIpc) is 2.95. The van der Waals surface area contributed by atoms with Crippen molar-refractivity contribution in [2.24, 2.45) is 11.8 Å². The quantitative estimate of drug-likeness (QED) is 0.745. The number of hydrogen-bond acceptors (Lipinski definition) is 3. The molecule has 1 amide bonds. The van der Waals surface area contributed by atoms with Crippen molar-refractivity contribution in [1.29, 1.82) is 0 Å². The zero-order valence-electron chi connectivity index (χ0n) is 10.3. The normalized spacial score (nSPS) is 40.6. The van der Waals surface area contributed by atoms with Gasteiger partial charge >= 0.3 is 5.97 Å². The van der Waals surface area contributed by atoms with Crippen LogP contribution in [0.25, 0.3) is 0 Å². The first-order valence-electron chi connectivity index (χ1n) is 6.48. The van der Waals surface area contributed by atoms with Gasteiger partial charge in [0.15, 0.2) is 0 Å². The molecule has 3 aliphatic rings. The topological polar surface area (TPSA) is 66.8 Å². The minimum atomic E-state index is -0.929. The molecule has 2 bridgehead atoms. The Hall–Kier alpha value is -1.36. The van der Waals surface area contributed by atoms with E-state index in [-0.39, 0.29) is 5.91 Å². The minimum Gasteiger partial charge on any atom is -0.481 e. The van der Waals surface area contributed by atoms with Gasteiger partial charge in [-0.05, 0) is 6.42 Å². The summed E-state index contributed by atoms with van der Waals surface area (Å²) >= 11 is 0. The number of ether oxygens (including phenoxy) is 1. The highest BCUT2D eigenvalue weighted by atomic mass is 16.5. The van der Waals surface area contributed by atoms with Crippen LogP contribution in [0.2, 0.25) is 0 Å². The van der Waals surface area contributed by atoms with Crippen molar-refractivity contribution in [3.8, 4) is 0 Å². The van der Waals surface area contributed by atoms with Crippen molar-refractivity contribution < 1.29 is 19.4 Å². The number of carboxylic acid groups (broad SMARTS) is 1. The maximum atomic E-state index is 12.3. The van der Waals surface area contributed by atoms with E-state index in [0.717, 1.165) is 12.8 Å². The van der Waals surface area contributed by atoms with Crippen LogP contribution >= 0.6 is 0 Å². The Morgan fingerprint density at radius 2 is 2.44 bits per heavy atom. The Bertz CT molecular complexity index is 433. The number of rotatable bonds is 4. The predicted molar refractivity (Wildman–Crippen MR) is 62.8 cm³/mol. The highest BCUT2D eigenvalue weighted by Crippen LogP contribution is 2.51. The molecular formula is C13H17NO4. The zero-order chi connectivity index (χ0) is 12.9. The molecule has 18 heavy (non-hydrogen) atoms. The number of carboxylic acids is 1. The van der Waals surface area contributed by atoms with Gasteiger partial charge in [-0.15, -0.1) is 0 Å². The summed E-state index contributed by atoms with van der Waals surface area (Å²) in [6, 6.07) is 0. The largest absolute Gasteiger partial charge is 0.481 e. The van der Waals surface area contributed by atoms with Crippen molar-refractivity contribution in [3.05, 3.63) is 12.2 Å². The lowest BCUT2D eigenvalue weighted by molar-refractivity contribution is -0.148. The summed E-state index contributed by atoms with van der Waals surface area (Å²) in [6.07, 6.45) is 5.23. The first-order chi connectivity index (χ1) is 8.59. The molecule has 0 aromatic carbocycles. The van der Waals surface area contributed by atoms with Gasteiger partial charge in [-0.2, -0.15) is 0 Å². The zero-order valence-corrected chi connectivity index (χ0v) is 10.3. The summed E-state index contributed by atoms with van der Waals surface area (Å²) in [5.41, 5.74) is -0.668. The van der Waals surface area contributed by atoms with E-state index >= 15 is 0 Å². The molecule has 5 heteroatoms. The van der Waals surface area contributed by atoms with Gasteiger partial charge in [0, 0.05) is 6.54 Å². The van der Waals surface area contributed by atoms with Gasteiger partial charge in [-0.3, -0.25) is 9.59 Å². The molecule has 0 saturated carbocycles. The first kappa shape index (κ1) is 11.7. The van der Waals surface area contributed by atoms with Gasteiger partial charge in [-0.25, -0.2) is 0 Å². The number of hydrogen-bond donors (Lipinski definition) is 1.